The normalized spacial score (nSPS) is 12.9. The summed E-state index contributed by atoms with van der Waals surface area (Å²) in [6.07, 6.45) is -6.40. The first-order valence-electron chi connectivity index (χ1n) is 9.22. The Morgan fingerprint density at radius 2 is 1.17 bits per heavy atom. The molecule has 3 rings (SSSR count). The average molecular weight is 415 g/mol. The Bertz CT molecular complexity index is 851. The zero-order valence-corrected chi connectivity index (χ0v) is 15.8. The van der Waals surface area contributed by atoms with Gasteiger partial charge in [-0.15, -0.1) is 0 Å². The molecule has 0 amide bonds. The minimum absolute atomic E-state index is 0.430. The van der Waals surface area contributed by atoms with Crippen LogP contribution in [0.4, 0.5) is 13.2 Å². The van der Waals surface area contributed by atoms with Gasteiger partial charge in [0.15, 0.2) is 0 Å². The van der Waals surface area contributed by atoms with Crippen molar-refractivity contribution in [1.29, 1.82) is 0 Å². The molecule has 3 aromatic rings. The third-order valence-electron chi connectivity index (χ3n) is 4.86. The number of aliphatic hydroxyl groups excluding tert-OH is 1. The van der Waals surface area contributed by atoms with Crippen molar-refractivity contribution in [2.24, 2.45) is 0 Å². The van der Waals surface area contributed by atoms with E-state index in [2.05, 4.69) is 4.84 Å². The van der Waals surface area contributed by atoms with Gasteiger partial charge in [0.05, 0.1) is 18.1 Å². The molecule has 0 heterocycles. The number of hydroxylamine groups is 1. The summed E-state index contributed by atoms with van der Waals surface area (Å²) in [5.74, 6) is -2.38. The highest BCUT2D eigenvalue weighted by Crippen LogP contribution is 2.42. The summed E-state index contributed by atoms with van der Waals surface area (Å²) in [6, 6.07) is 27.4. The maximum absolute atomic E-state index is 12.4. The van der Waals surface area contributed by atoms with Gasteiger partial charge in [-0.25, -0.2) is 4.79 Å². The van der Waals surface area contributed by atoms with Crippen molar-refractivity contribution in [3.8, 4) is 0 Å². The SMILES string of the molecule is O=C(ONCC(O)C(c1ccccc1)(c1ccccc1)c1ccccc1)C(F)(F)F. The van der Waals surface area contributed by atoms with Gasteiger partial charge < -0.3 is 9.94 Å². The van der Waals surface area contributed by atoms with E-state index in [9.17, 15) is 23.1 Å². The van der Waals surface area contributed by atoms with Crippen molar-refractivity contribution in [3.05, 3.63) is 108 Å². The standard InChI is InChI=1S/C23H20F3NO3/c24-23(25,26)21(29)30-27-16-20(28)22(17-10-4-1-5-11-17,18-12-6-2-7-13-18)19-14-8-3-9-15-19/h1-15,20,27-28H,16H2. The summed E-state index contributed by atoms with van der Waals surface area (Å²) in [5.41, 5.74) is 3.07. The highest BCUT2D eigenvalue weighted by atomic mass is 19.4. The van der Waals surface area contributed by atoms with Crippen molar-refractivity contribution in [1.82, 2.24) is 5.48 Å². The number of benzene rings is 3. The number of alkyl halides is 3. The largest absolute Gasteiger partial charge is 0.492 e. The molecule has 2 N–H and O–H groups in total. The fourth-order valence-electron chi connectivity index (χ4n) is 3.58. The highest BCUT2D eigenvalue weighted by Gasteiger charge is 2.44. The van der Waals surface area contributed by atoms with Gasteiger partial charge in [-0.1, -0.05) is 91.0 Å². The number of halogens is 3. The molecule has 0 aliphatic carbocycles. The molecule has 0 aromatic heterocycles. The van der Waals surface area contributed by atoms with E-state index in [1.165, 1.54) is 0 Å². The lowest BCUT2D eigenvalue weighted by Crippen LogP contribution is -2.48. The summed E-state index contributed by atoms with van der Waals surface area (Å²) >= 11 is 0. The van der Waals surface area contributed by atoms with Crippen molar-refractivity contribution in [2.75, 3.05) is 6.54 Å². The van der Waals surface area contributed by atoms with E-state index < -0.39 is 30.2 Å². The van der Waals surface area contributed by atoms with Crippen molar-refractivity contribution in [2.45, 2.75) is 17.7 Å². The minimum atomic E-state index is -5.13. The van der Waals surface area contributed by atoms with Crippen LogP contribution in [0.2, 0.25) is 0 Å². The van der Waals surface area contributed by atoms with Crippen LogP contribution < -0.4 is 5.48 Å². The monoisotopic (exact) mass is 415 g/mol. The second-order valence-electron chi connectivity index (χ2n) is 6.66. The van der Waals surface area contributed by atoms with Gasteiger partial charge in [0, 0.05) is 0 Å². The Labute approximate surface area is 171 Å². The molecule has 1 unspecified atom stereocenters. The Hall–Kier alpha value is -3.16. The predicted octanol–water partition coefficient (Wildman–Crippen LogP) is 3.99. The Morgan fingerprint density at radius 1 is 0.800 bits per heavy atom. The van der Waals surface area contributed by atoms with Gasteiger partial charge in [0.1, 0.15) is 0 Å². The van der Waals surface area contributed by atoms with Crippen molar-refractivity contribution in [3.63, 3.8) is 0 Å². The Balaban J connectivity index is 2.06. The van der Waals surface area contributed by atoms with Crippen LogP contribution in [0.25, 0.3) is 0 Å². The number of nitrogens with one attached hydrogen (secondary N) is 1. The van der Waals surface area contributed by atoms with E-state index >= 15 is 0 Å². The first kappa shape index (κ1) is 21.5. The van der Waals surface area contributed by atoms with E-state index in [-0.39, 0.29) is 0 Å². The zero-order chi connectivity index (χ0) is 21.6. The third-order valence-corrected chi connectivity index (χ3v) is 4.86. The molecule has 0 spiro atoms. The molecule has 3 aromatic carbocycles. The summed E-state index contributed by atoms with van der Waals surface area (Å²) in [4.78, 5) is 15.1. The molecular formula is C23H20F3NO3. The van der Waals surface area contributed by atoms with Gasteiger partial charge in [0.2, 0.25) is 0 Å². The predicted molar refractivity (Wildman–Crippen MR) is 105 cm³/mol. The van der Waals surface area contributed by atoms with Crippen LogP contribution in [0, 0.1) is 0 Å². The topological polar surface area (TPSA) is 58.6 Å². The second kappa shape index (κ2) is 9.11. The molecule has 156 valence electrons. The molecule has 0 radical (unpaired) electrons. The molecule has 1 atom stereocenters. The van der Waals surface area contributed by atoms with E-state index in [4.69, 9.17) is 0 Å². The van der Waals surface area contributed by atoms with Crippen LogP contribution in [-0.2, 0) is 15.0 Å². The number of hydrogen-bond acceptors (Lipinski definition) is 4. The quantitative estimate of drug-likeness (QED) is 0.453. The van der Waals surface area contributed by atoms with Crippen molar-refractivity contribution >= 4 is 5.97 Å². The number of carbonyl (C=O) groups is 1. The highest BCUT2D eigenvalue weighted by molar-refractivity contribution is 5.75. The maximum atomic E-state index is 12.4. The number of aliphatic hydroxyl groups is 1. The summed E-state index contributed by atoms with van der Waals surface area (Å²) in [5, 5.41) is 11.3. The lowest BCUT2D eigenvalue weighted by molar-refractivity contribution is -0.207. The summed E-state index contributed by atoms with van der Waals surface area (Å²) < 4.78 is 37.3. The first-order valence-corrected chi connectivity index (χ1v) is 9.22. The molecular weight excluding hydrogens is 395 g/mol. The fourth-order valence-corrected chi connectivity index (χ4v) is 3.58. The third kappa shape index (κ3) is 4.37. The molecule has 0 fully saturated rings. The van der Waals surface area contributed by atoms with E-state index in [1.807, 2.05) is 96.5 Å². The summed E-state index contributed by atoms with van der Waals surface area (Å²) in [7, 11) is 0. The molecule has 0 saturated heterocycles. The van der Waals surface area contributed by atoms with Gasteiger partial charge in [-0.05, 0) is 16.7 Å². The summed E-state index contributed by atoms with van der Waals surface area (Å²) in [6.45, 7) is -0.430. The van der Waals surface area contributed by atoms with Gasteiger partial charge in [-0.2, -0.15) is 18.7 Å². The molecule has 4 nitrogen and oxygen atoms in total. The first-order chi connectivity index (χ1) is 14.4. The minimum Gasteiger partial charge on any atom is -0.390 e. The molecule has 0 aliphatic heterocycles. The van der Waals surface area contributed by atoms with Gasteiger partial charge in [0.25, 0.3) is 0 Å². The van der Waals surface area contributed by atoms with Crippen LogP contribution in [0.3, 0.4) is 0 Å². The molecule has 0 bridgehead atoms. The molecule has 30 heavy (non-hydrogen) atoms. The van der Waals surface area contributed by atoms with Crippen LogP contribution in [0.15, 0.2) is 91.0 Å². The van der Waals surface area contributed by atoms with Crippen molar-refractivity contribution < 1.29 is 27.9 Å². The fraction of sp³-hybridized carbons (Fsp3) is 0.174. The van der Waals surface area contributed by atoms with Crippen LogP contribution >= 0.6 is 0 Å². The Kier molecular flexibility index (Phi) is 6.54. The van der Waals surface area contributed by atoms with Gasteiger partial charge in [-0.3, -0.25) is 0 Å². The average Bonchev–Trinajstić information content (AvgIpc) is 2.76. The lowest BCUT2D eigenvalue weighted by Gasteiger charge is -2.40. The maximum Gasteiger partial charge on any atom is 0.492 e. The zero-order valence-electron chi connectivity index (χ0n) is 15.8. The van der Waals surface area contributed by atoms with E-state index in [1.54, 1.807) is 0 Å². The number of carbonyl (C=O) groups excluding carboxylic acids is 1. The van der Waals surface area contributed by atoms with Crippen LogP contribution in [0.5, 0.6) is 0 Å². The second-order valence-corrected chi connectivity index (χ2v) is 6.66. The lowest BCUT2D eigenvalue weighted by atomic mass is 9.65. The van der Waals surface area contributed by atoms with Crippen LogP contribution in [0.1, 0.15) is 16.7 Å². The molecule has 0 aliphatic rings. The van der Waals surface area contributed by atoms with E-state index in [0.29, 0.717) is 0 Å². The van der Waals surface area contributed by atoms with Crippen LogP contribution in [-0.4, -0.2) is 29.9 Å². The smallest absolute Gasteiger partial charge is 0.390 e. The Morgan fingerprint density at radius 3 is 1.50 bits per heavy atom. The van der Waals surface area contributed by atoms with Gasteiger partial charge >= 0.3 is 12.1 Å². The number of rotatable bonds is 7. The molecule has 7 heteroatoms. The molecule has 0 saturated carbocycles. The van der Waals surface area contributed by atoms with E-state index in [0.717, 1.165) is 16.7 Å². The number of hydrogen-bond donors (Lipinski definition) is 2.